The van der Waals surface area contributed by atoms with E-state index in [-0.39, 0.29) is 5.91 Å². The van der Waals surface area contributed by atoms with Crippen LogP contribution in [0.1, 0.15) is 36.6 Å². The zero-order valence-corrected chi connectivity index (χ0v) is 15.2. The number of carbonyl (C=O) groups is 1. The van der Waals surface area contributed by atoms with Gasteiger partial charge in [-0.25, -0.2) is 4.98 Å². The van der Waals surface area contributed by atoms with Crippen LogP contribution in [0.2, 0.25) is 0 Å². The number of nitrogens with zero attached hydrogens (tertiary/aromatic N) is 2. The Bertz CT molecular complexity index is 697. The van der Waals surface area contributed by atoms with Gasteiger partial charge in [-0.3, -0.25) is 9.69 Å². The van der Waals surface area contributed by atoms with Crippen molar-refractivity contribution in [1.82, 2.24) is 9.88 Å². The van der Waals surface area contributed by atoms with Gasteiger partial charge in [0, 0.05) is 18.5 Å². The van der Waals surface area contributed by atoms with Crippen LogP contribution in [0.3, 0.4) is 0 Å². The van der Waals surface area contributed by atoms with Crippen LogP contribution in [0.25, 0.3) is 0 Å². The number of rotatable bonds is 5. The van der Waals surface area contributed by atoms with Gasteiger partial charge < -0.3 is 5.32 Å². The highest BCUT2D eigenvalue weighted by molar-refractivity contribution is 7.13. The Hall–Kier alpha value is -1.72. The minimum atomic E-state index is -0.00297. The number of anilines is 1. The second-order valence-electron chi connectivity index (χ2n) is 6.78. The molecule has 5 heteroatoms. The monoisotopic (exact) mass is 343 g/mol. The van der Waals surface area contributed by atoms with Gasteiger partial charge in [-0.15, -0.1) is 11.3 Å². The van der Waals surface area contributed by atoms with Crippen molar-refractivity contribution < 1.29 is 4.79 Å². The maximum atomic E-state index is 12.2. The zero-order chi connectivity index (χ0) is 16.9. The molecule has 3 rings (SSSR count). The van der Waals surface area contributed by atoms with Gasteiger partial charge in [0.25, 0.3) is 0 Å². The topological polar surface area (TPSA) is 45.2 Å². The first-order valence-corrected chi connectivity index (χ1v) is 9.49. The average Bonchev–Trinajstić information content (AvgIpc) is 2.96. The number of benzene rings is 1. The van der Waals surface area contributed by atoms with E-state index in [1.807, 2.05) is 31.2 Å². The van der Waals surface area contributed by atoms with Gasteiger partial charge in [0.15, 0.2) is 5.13 Å². The van der Waals surface area contributed by atoms with E-state index in [4.69, 9.17) is 0 Å². The van der Waals surface area contributed by atoms with Gasteiger partial charge >= 0.3 is 0 Å². The molecule has 128 valence electrons. The van der Waals surface area contributed by atoms with E-state index in [2.05, 4.69) is 27.5 Å². The lowest BCUT2D eigenvalue weighted by Crippen LogP contribution is -2.33. The van der Waals surface area contributed by atoms with E-state index in [0.717, 1.165) is 42.4 Å². The summed E-state index contributed by atoms with van der Waals surface area (Å²) in [4.78, 5) is 19.3. The maximum absolute atomic E-state index is 12.2. The summed E-state index contributed by atoms with van der Waals surface area (Å²) < 4.78 is 0. The van der Waals surface area contributed by atoms with E-state index in [9.17, 15) is 4.79 Å². The molecule has 1 aliphatic rings. The molecule has 2 aromatic rings. The molecular weight excluding hydrogens is 318 g/mol. The molecule has 24 heavy (non-hydrogen) atoms. The Morgan fingerprint density at radius 2 is 2.25 bits per heavy atom. The molecule has 0 radical (unpaired) electrons. The fraction of sp³-hybridized carbons (Fsp3) is 0.474. The van der Waals surface area contributed by atoms with E-state index in [0.29, 0.717) is 11.6 Å². The number of thiazole rings is 1. The second kappa shape index (κ2) is 7.90. The highest BCUT2D eigenvalue weighted by atomic mass is 32.1. The molecule has 1 fully saturated rings. The Morgan fingerprint density at radius 1 is 1.42 bits per heavy atom. The molecule has 0 spiro atoms. The van der Waals surface area contributed by atoms with Crippen LogP contribution in [0.5, 0.6) is 0 Å². The highest BCUT2D eigenvalue weighted by Gasteiger charge is 2.17. The molecule has 1 amide bonds. The Kier molecular flexibility index (Phi) is 5.63. The van der Waals surface area contributed by atoms with E-state index in [1.165, 1.54) is 24.2 Å². The van der Waals surface area contributed by atoms with Crippen LogP contribution < -0.4 is 5.32 Å². The molecule has 1 unspecified atom stereocenters. The lowest BCUT2D eigenvalue weighted by molar-refractivity contribution is -0.115. The summed E-state index contributed by atoms with van der Waals surface area (Å²) in [7, 11) is 0. The zero-order valence-electron chi connectivity index (χ0n) is 14.4. The molecule has 1 saturated heterocycles. The molecule has 2 heterocycles. The smallest absolute Gasteiger partial charge is 0.230 e. The van der Waals surface area contributed by atoms with Gasteiger partial charge in [0.2, 0.25) is 5.91 Å². The van der Waals surface area contributed by atoms with E-state index < -0.39 is 0 Å². The molecule has 0 bridgehead atoms. The van der Waals surface area contributed by atoms with Gasteiger partial charge in [0.05, 0.1) is 12.1 Å². The Labute approximate surface area is 147 Å². The predicted octanol–water partition coefficient (Wildman–Crippen LogP) is 3.86. The van der Waals surface area contributed by atoms with Gasteiger partial charge in [-0.1, -0.05) is 31.2 Å². The van der Waals surface area contributed by atoms with Crippen molar-refractivity contribution >= 4 is 22.4 Å². The van der Waals surface area contributed by atoms with Crippen molar-refractivity contribution in [2.24, 2.45) is 5.92 Å². The number of hydrogen-bond donors (Lipinski definition) is 1. The quantitative estimate of drug-likeness (QED) is 0.896. The minimum absolute atomic E-state index is 0.00297. The van der Waals surface area contributed by atoms with Crippen LogP contribution in [-0.2, 0) is 17.8 Å². The summed E-state index contributed by atoms with van der Waals surface area (Å²) in [6.07, 6.45) is 2.99. The SMILES string of the molecule is Cc1ccccc1CC(=O)Nc1nc(CN2CCCC(C)C2)cs1. The Balaban J connectivity index is 1.54. The maximum Gasteiger partial charge on any atom is 0.230 e. The van der Waals surface area contributed by atoms with Crippen LogP contribution >= 0.6 is 11.3 Å². The molecule has 1 aromatic heterocycles. The normalized spacial score (nSPS) is 18.5. The number of amides is 1. The first-order chi connectivity index (χ1) is 11.6. The predicted molar refractivity (Wildman–Crippen MR) is 99.3 cm³/mol. The summed E-state index contributed by atoms with van der Waals surface area (Å²) in [5.41, 5.74) is 3.26. The van der Waals surface area contributed by atoms with Crippen molar-refractivity contribution in [1.29, 1.82) is 0 Å². The third-order valence-electron chi connectivity index (χ3n) is 4.54. The average molecular weight is 343 g/mol. The Morgan fingerprint density at radius 3 is 3.04 bits per heavy atom. The highest BCUT2D eigenvalue weighted by Crippen LogP contribution is 2.21. The van der Waals surface area contributed by atoms with Gasteiger partial charge in [0.1, 0.15) is 0 Å². The van der Waals surface area contributed by atoms with Gasteiger partial charge in [-0.05, 0) is 43.4 Å². The summed E-state index contributed by atoms with van der Waals surface area (Å²) in [5.74, 6) is 0.766. The fourth-order valence-corrected chi connectivity index (χ4v) is 3.96. The molecule has 0 aliphatic carbocycles. The number of piperidine rings is 1. The first kappa shape index (κ1) is 17.1. The number of nitrogens with one attached hydrogen (secondary N) is 1. The third kappa shape index (κ3) is 4.65. The number of likely N-dealkylation sites (tertiary alicyclic amines) is 1. The molecule has 0 saturated carbocycles. The number of carbonyl (C=O) groups excluding carboxylic acids is 1. The van der Waals surface area contributed by atoms with Crippen LogP contribution in [0, 0.1) is 12.8 Å². The lowest BCUT2D eigenvalue weighted by Gasteiger charge is -2.30. The number of aryl methyl sites for hydroxylation is 1. The standard InChI is InChI=1S/C19H25N3OS/c1-14-6-5-9-22(11-14)12-17-13-24-19(20-17)21-18(23)10-16-8-4-3-7-15(16)2/h3-4,7-8,13-14H,5-6,9-12H2,1-2H3,(H,20,21,23). The molecular formula is C19H25N3OS. The lowest BCUT2D eigenvalue weighted by atomic mass is 10.0. The van der Waals surface area contributed by atoms with Crippen LogP contribution in [-0.4, -0.2) is 28.9 Å². The van der Waals surface area contributed by atoms with Crippen molar-refractivity contribution in [2.45, 2.75) is 39.7 Å². The molecule has 1 aliphatic heterocycles. The van der Waals surface area contributed by atoms with Crippen molar-refractivity contribution in [3.8, 4) is 0 Å². The minimum Gasteiger partial charge on any atom is -0.302 e. The summed E-state index contributed by atoms with van der Waals surface area (Å²) in [6, 6.07) is 7.99. The molecule has 1 aromatic carbocycles. The summed E-state index contributed by atoms with van der Waals surface area (Å²) in [6.45, 7) is 7.52. The fourth-order valence-electron chi connectivity index (χ4n) is 3.24. The van der Waals surface area contributed by atoms with E-state index in [1.54, 1.807) is 0 Å². The summed E-state index contributed by atoms with van der Waals surface area (Å²) in [5, 5.41) is 5.69. The van der Waals surface area contributed by atoms with Gasteiger partial charge in [-0.2, -0.15) is 0 Å². The molecule has 1 atom stereocenters. The van der Waals surface area contributed by atoms with Crippen molar-refractivity contribution in [3.05, 3.63) is 46.5 Å². The number of aromatic nitrogens is 1. The van der Waals surface area contributed by atoms with Crippen LogP contribution in [0.15, 0.2) is 29.6 Å². The summed E-state index contributed by atoms with van der Waals surface area (Å²) >= 11 is 1.51. The number of hydrogen-bond acceptors (Lipinski definition) is 4. The largest absolute Gasteiger partial charge is 0.302 e. The second-order valence-corrected chi connectivity index (χ2v) is 7.64. The van der Waals surface area contributed by atoms with E-state index >= 15 is 0 Å². The first-order valence-electron chi connectivity index (χ1n) is 8.61. The molecule has 4 nitrogen and oxygen atoms in total. The third-order valence-corrected chi connectivity index (χ3v) is 5.34. The van der Waals surface area contributed by atoms with Crippen molar-refractivity contribution in [2.75, 3.05) is 18.4 Å². The van der Waals surface area contributed by atoms with Crippen molar-refractivity contribution in [3.63, 3.8) is 0 Å². The van der Waals surface area contributed by atoms with Crippen LogP contribution in [0.4, 0.5) is 5.13 Å². The molecule has 1 N–H and O–H groups in total.